The molecular weight excluding hydrogens is 388 g/mol. The second kappa shape index (κ2) is 8.45. The lowest BCUT2D eigenvalue weighted by Gasteiger charge is -2.30. The van der Waals surface area contributed by atoms with Crippen LogP contribution in [0.3, 0.4) is 0 Å². The van der Waals surface area contributed by atoms with Crippen LogP contribution >= 0.6 is 0 Å². The number of fused-ring (bicyclic) bond motifs is 1. The highest BCUT2D eigenvalue weighted by Gasteiger charge is 2.24. The summed E-state index contributed by atoms with van der Waals surface area (Å²) in [6, 6.07) is 10.6. The topological polar surface area (TPSA) is 75.7 Å². The fourth-order valence-electron chi connectivity index (χ4n) is 3.48. The maximum atomic E-state index is 13.0. The molecule has 0 fully saturated rings. The first-order valence-electron chi connectivity index (χ1n) is 9.88. The molecule has 1 heterocycles. The van der Waals surface area contributed by atoms with Gasteiger partial charge in [-0.1, -0.05) is 26.0 Å². The third-order valence-corrected chi connectivity index (χ3v) is 6.37. The van der Waals surface area contributed by atoms with Crippen LogP contribution < -0.4 is 9.46 Å². The SMILES string of the molecule is CCOc1ccc(C)cc1S(=O)(=O)Nc1ccc2c(c1)CN(C(=O)C(C)C)CC2. The Bertz CT molecular complexity index is 1020. The molecule has 0 spiro atoms. The zero-order valence-electron chi connectivity index (χ0n) is 17.4. The van der Waals surface area contributed by atoms with Crippen molar-refractivity contribution in [2.24, 2.45) is 5.92 Å². The number of hydrogen-bond donors (Lipinski definition) is 1. The van der Waals surface area contributed by atoms with E-state index in [1.807, 2.05) is 50.8 Å². The van der Waals surface area contributed by atoms with Crippen molar-refractivity contribution < 1.29 is 17.9 Å². The van der Waals surface area contributed by atoms with Crippen molar-refractivity contribution in [3.63, 3.8) is 0 Å². The van der Waals surface area contributed by atoms with Gasteiger partial charge in [-0.25, -0.2) is 8.42 Å². The molecule has 7 heteroatoms. The molecule has 6 nitrogen and oxygen atoms in total. The number of anilines is 1. The largest absolute Gasteiger partial charge is 0.492 e. The van der Waals surface area contributed by atoms with E-state index in [9.17, 15) is 13.2 Å². The van der Waals surface area contributed by atoms with Gasteiger partial charge in [-0.05, 0) is 61.2 Å². The number of hydrogen-bond acceptors (Lipinski definition) is 4. The summed E-state index contributed by atoms with van der Waals surface area (Å²) in [5.41, 5.74) is 3.43. The maximum absolute atomic E-state index is 13.0. The van der Waals surface area contributed by atoms with E-state index in [4.69, 9.17) is 4.74 Å². The molecule has 2 aromatic carbocycles. The smallest absolute Gasteiger partial charge is 0.265 e. The van der Waals surface area contributed by atoms with E-state index in [-0.39, 0.29) is 16.7 Å². The molecule has 2 aromatic rings. The minimum Gasteiger partial charge on any atom is -0.492 e. The standard InChI is InChI=1S/C22H28N2O4S/c1-5-28-20-9-6-16(4)12-21(20)29(26,27)23-19-8-7-17-10-11-24(14-18(17)13-19)22(25)15(2)3/h6-9,12-13,15,23H,5,10-11,14H2,1-4H3. The molecule has 0 unspecified atom stereocenters. The Morgan fingerprint density at radius 3 is 2.62 bits per heavy atom. The summed E-state index contributed by atoms with van der Waals surface area (Å²) in [5, 5.41) is 0. The van der Waals surface area contributed by atoms with Gasteiger partial charge >= 0.3 is 0 Å². The van der Waals surface area contributed by atoms with Gasteiger partial charge in [-0.15, -0.1) is 0 Å². The Morgan fingerprint density at radius 2 is 1.93 bits per heavy atom. The lowest BCUT2D eigenvalue weighted by atomic mass is 9.98. The highest BCUT2D eigenvalue weighted by atomic mass is 32.2. The van der Waals surface area contributed by atoms with E-state index in [1.165, 1.54) is 0 Å². The van der Waals surface area contributed by atoms with Gasteiger partial charge in [0.2, 0.25) is 5.91 Å². The Balaban J connectivity index is 1.87. The molecule has 0 saturated carbocycles. The second-order valence-corrected chi connectivity index (χ2v) is 9.29. The summed E-state index contributed by atoms with van der Waals surface area (Å²) in [5.74, 6) is 0.386. The summed E-state index contributed by atoms with van der Waals surface area (Å²) >= 11 is 0. The Morgan fingerprint density at radius 1 is 1.17 bits per heavy atom. The molecule has 1 N–H and O–H groups in total. The Labute approximate surface area is 172 Å². The number of carbonyl (C=O) groups excluding carboxylic acids is 1. The van der Waals surface area contributed by atoms with Crippen molar-refractivity contribution in [2.45, 2.75) is 45.6 Å². The van der Waals surface area contributed by atoms with Crippen LogP contribution in [0, 0.1) is 12.8 Å². The summed E-state index contributed by atoms with van der Waals surface area (Å²) in [7, 11) is -3.81. The van der Waals surface area contributed by atoms with Crippen molar-refractivity contribution in [3.8, 4) is 5.75 Å². The lowest BCUT2D eigenvalue weighted by Crippen LogP contribution is -2.38. The van der Waals surface area contributed by atoms with Crippen molar-refractivity contribution >= 4 is 21.6 Å². The summed E-state index contributed by atoms with van der Waals surface area (Å²) < 4.78 is 34.2. The quantitative estimate of drug-likeness (QED) is 0.778. The van der Waals surface area contributed by atoms with E-state index in [2.05, 4.69) is 4.72 Å². The Hall–Kier alpha value is -2.54. The average molecular weight is 417 g/mol. The second-order valence-electron chi connectivity index (χ2n) is 7.64. The number of nitrogens with one attached hydrogen (secondary N) is 1. The third kappa shape index (κ3) is 4.72. The molecule has 29 heavy (non-hydrogen) atoms. The summed E-state index contributed by atoms with van der Waals surface area (Å²) in [4.78, 5) is 14.3. The van der Waals surface area contributed by atoms with E-state index < -0.39 is 10.0 Å². The molecule has 0 atom stereocenters. The minimum atomic E-state index is -3.81. The van der Waals surface area contributed by atoms with Gasteiger partial charge in [-0.2, -0.15) is 0 Å². The molecular formula is C22H28N2O4S. The van der Waals surface area contributed by atoms with Gasteiger partial charge in [-0.3, -0.25) is 9.52 Å². The lowest BCUT2D eigenvalue weighted by molar-refractivity contribution is -0.135. The number of benzene rings is 2. The van der Waals surface area contributed by atoms with Crippen LogP contribution in [0.15, 0.2) is 41.3 Å². The number of amides is 1. The molecule has 0 radical (unpaired) electrons. The van der Waals surface area contributed by atoms with E-state index in [0.717, 1.165) is 23.1 Å². The number of aryl methyl sites for hydroxylation is 1. The van der Waals surface area contributed by atoms with Gasteiger partial charge in [0.15, 0.2) is 0 Å². The first-order valence-corrected chi connectivity index (χ1v) is 11.4. The van der Waals surface area contributed by atoms with Crippen molar-refractivity contribution in [1.82, 2.24) is 4.90 Å². The van der Waals surface area contributed by atoms with Crippen molar-refractivity contribution in [1.29, 1.82) is 0 Å². The van der Waals surface area contributed by atoms with E-state index in [1.54, 1.807) is 18.2 Å². The molecule has 3 rings (SSSR count). The predicted octanol–water partition coefficient (Wildman–Crippen LogP) is 3.74. The molecule has 1 amide bonds. The van der Waals surface area contributed by atoms with E-state index in [0.29, 0.717) is 31.1 Å². The van der Waals surface area contributed by atoms with Gasteiger partial charge in [0.1, 0.15) is 10.6 Å². The summed E-state index contributed by atoms with van der Waals surface area (Å²) in [6.07, 6.45) is 0.771. The van der Waals surface area contributed by atoms with Crippen LogP contribution in [0.5, 0.6) is 5.75 Å². The third-order valence-electron chi connectivity index (χ3n) is 4.96. The van der Waals surface area contributed by atoms with Gasteiger partial charge in [0, 0.05) is 24.7 Å². The molecule has 0 bridgehead atoms. The van der Waals surface area contributed by atoms with Crippen LogP contribution in [0.25, 0.3) is 0 Å². The molecule has 0 aliphatic carbocycles. The van der Waals surface area contributed by atoms with Gasteiger partial charge < -0.3 is 9.64 Å². The first-order chi connectivity index (χ1) is 13.7. The maximum Gasteiger partial charge on any atom is 0.265 e. The molecule has 1 aliphatic heterocycles. The fraction of sp³-hybridized carbons (Fsp3) is 0.409. The monoisotopic (exact) mass is 416 g/mol. The van der Waals surface area contributed by atoms with Crippen LogP contribution in [0.4, 0.5) is 5.69 Å². The molecule has 1 aliphatic rings. The number of carbonyl (C=O) groups is 1. The Kier molecular flexibility index (Phi) is 6.17. The fourth-order valence-corrected chi connectivity index (χ4v) is 4.76. The number of nitrogens with zero attached hydrogens (tertiary/aromatic N) is 1. The zero-order valence-corrected chi connectivity index (χ0v) is 18.2. The van der Waals surface area contributed by atoms with E-state index >= 15 is 0 Å². The van der Waals surface area contributed by atoms with Crippen LogP contribution in [-0.2, 0) is 27.8 Å². The zero-order chi connectivity index (χ0) is 21.2. The molecule has 0 saturated heterocycles. The highest BCUT2D eigenvalue weighted by molar-refractivity contribution is 7.92. The molecule has 156 valence electrons. The number of rotatable bonds is 6. The summed E-state index contributed by atoms with van der Waals surface area (Å²) in [6.45, 7) is 9.00. The molecule has 0 aromatic heterocycles. The van der Waals surface area contributed by atoms with Gasteiger partial charge in [0.25, 0.3) is 10.0 Å². The first kappa shape index (κ1) is 21.2. The number of ether oxygens (including phenoxy) is 1. The predicted molar refractivity (Wildman–Crippen MR) is 114 cm³/mol. The highest BCUT2D eigenvalue weighted by Crippen LogP contribution is 2.29. The minimum absolute atomic E-state index is 0.0588. The number of sulfonamides is 1. The van der Waals surface area contributed by atoms with Crippen LogP contribution in [0.2, 0.25) is 0 Å². The normalized spacial score (nSPS) is 13.9. The van der Waals surface area contributed by atoms with Crippen molar-refractivity contribution in [3.05, 3.63) is 53.1 Å². The van der Waals surface area contributed by atoms with Crippen molar-refractivity contribution in [2.75, 3.05) is 17.9 Å². The van der Waals surface area contributed by atoms with Crippen LogP contribution in [-0.4, -0.2) is 32.4 Å². The van der Waals surface area contributed by atoms with Gasteiger partial charge in [0.05, 0.1) is 6.61 Å². The van der Waals surface area contributed by atoms with Crippen LogP contribution in [0.1, 0.15) is 37.5 Å². The average Bonchev–Trinajstić information content (AvgIpc) is 2.68.